The van der Waals surface area contributed by atoms with E-state index in [4.69, 9.17) is 10.5 Å². The van der Waals surface area contributed by atoms with Gasteiger partial charge in [0.1, 0.15) is 11.4 Å². The molecular formula is C14H15N3O2. The molecule has 19 heavy (non-hydrogen) atoms. The number of fused-ring (bicyclic) bond motifs is 1. The normalized spacial score (nSPS) is 13.8. The number of amides is 1. The Bertz CT molecular complexity index is 646. The van der Waals surface area contributed by atoms with Gasteiger partial charge in [-0.25, -0.2) is 0 Å². The maximum atomic E-state index is 11.7. The maximum Gasteiger partial charge on any atom is 0.267 e. The van der Waals surface area contributed by atoms with Gasteiger partial charge in [-0.05, 0) is 23.8 Å². The number of hydrogen-bond acceptors (Lipinski definition) is 3. The predicted molar refractivity (Wildman–Crippen MR) is 73.2 cm³/mol. The number of methoxy groups -OCH3 is 1. The zero-order valence-corrected chi connectivity index (χ0v) is 10.6. The van der Waals surface area contributed by atoms with Gasteiger partial charge in [0.2, 0.25) is 0 Å². The molecule has 0 fully saturated rings. The highest BCUT2D eigenvalue weighted by Crippen LogP contribution is 2.30. The topological polar surface area (TPSA) is 69.3 Å². The summed E-state index contributed by atoms with van der Waals surface area (Å²) in [4.78, 5) is 11.7. The van der Waals surface area contributed by atoms with Gasteiger partial charge in [0.05, 0.1) is 12.8 Å². The Morgan fingerprint density at radius 3 is 2.89 bits per heavy atom. The summed E-state index contributed by atoms with van der Waals surface area (Å²) in [6.45, 7) is 1.47. The minimum absolute atomic E-state index is 0.0279. The van der Waals surface area contributed by atoms with Crippen LogP contribution in [0.4, 0.5) is 5.69 Å². The van der Waals surface area contributed by atoms with Crippen LogP contribution in [0, 0.1) is 0 Å². The predicted octanol–water partition coefficient (Wildman–Crippen LogP) is 1.49. The van der Waals surface area contributed by atoms with Crippen molar-refractivity contribution < 1.29 is 9.53 Å². The van der Waals surface area contributed by atoms with Crippen molar-refractivity contribution in [3.05, 3.63) is 36.2 Å². The van der Waals surface area contributed by atoms with Gasteiger partial charge < -0.3 is 20.4 Å². The van der Waals surface area contributed by atoms with Crippen molar-refractivity contribution in [1.29, 1.82) is 0 Å². The molecule has 3 rings (SSSR count). The molecule has 0 unspecified atom stereocenters. The van der Waals surface area contributed by atoms with Crippen molar-refractivity contribution in [3.63, 3.8) is 0 Å². The number of ether oxygens (including phenoxy) is 1. The van der Waals surface area contributed by atoms with Crippen LogP contribution in [0.25, 0.3) is 11.1 Å². The number of aromatic nitrogens is 1. The summed E-state index contributed by atoms with van der Waals surface area (Å²) in [6.07, 6.45) is 1.99. The summed E-state index contributed by atoms with van der Waals surface area (Å²) >= 11 is 0. The number of nitrogen functional groups attached to an aromatic ring is 1. The monoisotopic (exact) mass is 257 g/mol. The van der Waals surface area contributed by atoms with Crippen molar-refractivity contribution in [2.24, 2.45) is 0 Å². The first-order chi connectivity index (χ1) is 9.19. The summed E-state index contributed by atoms with van der Waals surface area (Å²) in [5.74, 6) is 0.617. The molecule has 0 spiro atoms. The van der Waals surface area contributed by atoms with Gasteiger partial charge in [-0.2, -0.15) is 0 Å². The molecule has 1 amide bonds. The molecule has 0 saturated carbocycles. The summed E-state index contributed by atoms with van der Waals surface area (Å²) in [5.41, 5.74) is 9.08. The molecule has 1 aliphatic rings. The van der Waals surface area contributed by atoms with Crippen LogP contribution in [0.15, 0.2) is 30.5 Å². The third kappa shape index (κ3) is 1.93. The zero-order valence-electron chi connectivity index (χ0n) is 10.6. The Balaban J connectivity index is 2.05. The average Bonchev–Trinajstić information content (AvgIpc) is 2.85. The smallest absolute Gasteiger partial charge is 0.267 e. The Kier molecular flexibility index (Phi) is 2.67. The van der Waals surface area contributed by atoms with Crippen LogP contribution < -0.4 is 15.8 Å². The molecular weight excluding hydrogens is 242 g/mol. The van der Waals surface area contributed by atoms with E-state index in [1.807, 2.05) is 35.0 Å². The summed E-state index contributed by atoms with van der Waals surface area (Å²) in [6, 6.07) is 7.51. The van der Waals surface area contributed by atoms with Crippen molar-refractivity contribution in [1.82, 2.24) is 9.88 Å². The minimum atomic E-state index is -0.0279. The Morgan fingerprint density at radius 2 is 2.16 bits per heavy atom. The van der Waals surface area contributed by atoms with Gasteiger partial charge in [-0.15, -0.1) is 0 Å². The average molecular weight is 257 g/mol. The molecule has 2 aromatic rings. The van der Waals surface area contributed by atoms with Crippen molar-refractivity contribution in [2.75, 3.05) is 19.4 Å². The minimum Gasteiger partial charge on any atom is -0.495 e. The largest absolute Gasteiger partial charge is 0.495 e. The zero-order chi connectivity index (χ0) is 13.4. The van der Waals surface area contributed by atoms with Gasteiger partial charge in [0, 0.05) is 24.8 Å². The van der Waals surface area contributed by atoms with E-state index in [1.165, 1.54) is 0 Å². The fourth-order valence-electron chi connectivity index (χ4n) is 2.31. The second-order valence-corrected chi connectivity index (χ2v) is 4.52. The van der Waals surface area contributed by atoms with E-state index in [9.17, 15) is 4.79 Å². The number of carbonyl (C=O) groups excluding carboxylic acids is 1. The summed E-state index contributed by atoms with van der Waals surface area (Å²) in [5, 5.41) is 2.83. The molecule has 1 aromatic carbocycles. The first-order valence-corrected chi connectivity index (χ1v) is 6.11. The molecule has 98 valence electrons. The van der Waals surface area contributed by atoms with Crippen LogP contribution in [0.2, 0.25) is 0 Å². The van der Waals surface area contributed by atoms with E-state index >= 15 is 0 Å². The third-order valence-electron chi connectivity index (χ3n) is 3.33. The molecule has 0 atom stereocenters. The van der Waals surface area contributed by atoms with Gasteiger partial charge in [0.15, 0.2) is 0 Å². The third-order valence-corrected chi connectivity index (χ3v) is 3.33. The van der Waals surface area contributed by atoms with Gasteiger partial charge >= 0.3 is 0 Å². The lowest BCUT2D eigenvalue weighted by Crippen LogP contribution is -2.34. The number of nitrogens with one attached hydrogen (secondary N) is 1. The van der Waals surface area contributed by atoms with Crippen LogP contribution in [0.5, 0.6) is 5.75 Å². The number of hydrogen-bond donors (Lipinski definition) is 2. The van der Waals surface area contributed by atoms with E-state index in [0.717, 1.165) is 17.7 Å². The molecule has 0 bridgehead atoms. The molecule has 0 radical (unpaired) electrons. The molecule has 1 aliphatic heterocycles. The van der Waals surface area contributed by atoms with Crippen molar-refractivity contribution in [2.45, 2.75) is 6.54 Å². The maximum absolute atomic E-state index is 11.7. The van der Waals surface area contributed by atoms with Gasteiger partial charge in [0.25, 0.3) is 5.91 Å². The van der Waals surface area contributed by atoms with E-state index in [-0.39, 0.29) is 5.91 Å². The molecule has 2 heterocycles. The van der Waals surface area contributed by atoms with Gasteiger partial charge in [-0.1, -0.05) is 6.07 Å². The lowest BCUT2D eigenvalue weighted by atomic mass is 10.1. The van der Waals surface area contributed by atoms with Crippen molar-refractivity contribution in [3.8, 4) is 16.9 Å². The second-order valence-electron chi connectivity index (χ2n) is 4.52. The first-order valence-electron chi connectivity index (χ1n) is 6.11. The summed E-state index contributed by atoms with van der Waals surface area (Å²) in [7, 11) is 1.59. The van der Waals surface area contributed by atoms with Crippen molar-refractivity contribution >= 4 is 11.6 Å². The van der Waals surface area contributed by atoms with Crippen LogP contribution in [-0.4, -0.2) is 24.1 Å². The number of anilines is 1. The number of rotatable bonds is 2. The Hall–Kier alpha value is -2.43. The molecule has 5 heteroatoms. The first kappa shape index (κ1) is 11.6. The molecule has 3 N–H and O–H groups in total. The number of benzene rings is 1. The highest BCUT2D eigenvalue weighted by molar-refractivity contribution is 5.95. The van der Waals surface area contributed by atoms with E-state index in [1.54, 1.807) is 7.11 Å². The highest BCUT2D eigenvalue weighted by atomic mass is 16.5. The Morgan fingerprint density at radius 1 is 1.32 bits per heavy atom. The van der Waals surface area contributed by atoms with E-state index in [2.05, 4.69) is 5.32 Å². The lowest BCUT2D eigenvalue weighted by molar-refractivity contribution is 0.0928. The lowest BCUT2D eigenvalue weighted by Gasteiger charge is -2.14. The molecule has 0 saturated heterocycles. The van der Waals surface area contributed by atoms with E-state index < -0.39 is 0 Å². The van der Waals surface area contributed by atoms with Crippen LogP contribution in [0.1, 0.15) is 10.5 Å². The summed E-state index contributed by atoms with van der Waals surface area (Å²) < 4.78 is 7.19. The second kappa shape index (κ2) is 4.35. The van der Waals surface area contributed by atoms with E-state index in [0.29, 0.717) is 23.7 Å². The standard InChI is InChI=1S/C14H15N3O2/c1-19-13-7-9(2-3-11(13)15)10-6-12-14(18)16-4-5-17(12)8-10/h2-3,6-8H,4-5,15H2,1H3,(H,16,18). The number of nitrogens with two attached hydrogens (primary N) is 1. The fraction of sp³-hybridized carbons (Fsp3) is 0.214. The Labute approximate surface area is 111 Å². The molecule has 5 nitrogen and oxygen atoms in total. The number of carbonyl (C=O) groups is 1. The van der Waals surface area contributed by atoms with Crippen LogP contribution >= 0.6 is 0 Å². The molecule has 0 aliphatic carbocycles. The van der Waals surface area contributed by atoms with Crippen LogP contribution in [-0.2, 0) is 6.54 Å². The SMILES string of the molecule is COc1cc(-c2cc3n(c2)CCNC3=O)ccc1N. The molecule has 1 aromatic heterocycles. The number of nitrogens with zero attached hydrogens (tertiary/aromatic N) is 1. The van der Waals surface area contributed by atoms with Crippen LogP contribution in [0.3, 0.4) is 0 Å². The highest BCUT2D eigenvalue weighted by Gasteiger charge is 2.18. The fourth-order valence-corrected chi connectivity index (χ4v) is 2.31. The quantitative estimate of drug-likeness (QED) is 0.801. The van der Waals surface area contributed by atoms with Gasteiger partial charge in [-0.3, -0.25) is 4.79 Å².